The Labute approximate surface area is 157 Å². The van der Waals surface area contributed by atoms with Crippen LogP contribution in [-0.2, 0) is 0 Å². The van der Waals surface area contributed by atoms with Crippen LogP contribution in [0.3, 0.4) is 0 Å². The molecule has 4 nitrogen and oxygen atoms in total. The number of piperidine rings is 1. The maximum Gasteiger partial charge on any atom is 0.120 e. The third-order valence-electron chi connectivity index (χ3n) is 7.18. The molecule has 26 heavy (non-hydrogen) atoms. The van der Waals surface area contributed by atoms with Gasteiger partial charge in [-0.15, -0.1) is 0 Å². The lowest BCUT2D eigenvalue weighted by atomic mass is 9.68. The minimum Gasteiger partial charge on any atom is -0.488 e. The predicted octanol–water partition coefficient (Wildman–Crippen LogP) is 3.70. The van der Waals surface area contributed by atoms with E-state index in [9.17, 15) is 0 Å². The molecule has 2 aliphatic carbocycles. The molecule has 1 aliphatic heterocycles. The van der Waals surface area contributed by atoms with E-state index in [1.165, 1.54) is 38.5 Å². The largest absolute Gasteiger partial charge is 0.488 e. The highest BCUT2D eigenvalue weighted by atomic mass is 16.5. The second-order valence-electron chi connectivity index (χ2n) is 8.82. The van der Waals surface area contributed by atoms with Crippen LogP contribution in [0.4, 0.5) is 0 Å². The number of fused-ring (bicyclic) bond motifs is 1. The van der Waals surface area contributed by atoms with Gasteiger partial charge in [-0.05, 0) is 68.8 Å². The fraction of sp³-hybridized carbons (Fsp3) is 0.682. The molecular formula is C22H31N3O. The van der Waals surface area contributed by atoms with Crippen molar-refractivity contribution in [2.24, 2.45) is 17.1 Å². The molecule has 4 heteroatoms. The zero-order valence-electron chi connectivity index (χ0n) is 15.9. The Morgan fingerprint density at radius 1 is 1.19 bits per heavy atom. The molecule has 0 radical (unpaired) electrons. The van der Waals surface area contributed by atoms with Gasteiger partial charge in [0.05, 0.1) is 11.6 Å². The first-order valence-corrected chi connectivity index (χ1v) is 10.3. The van der Waals surface area contributed by atoms with E-state index in [2.05, 4.69) is 17.9 Å². The summed E-state index contributed by atoms with van der Waals surface area (Å²) in [5, 5.41) is 9.04. The smallest absolute Gasteiger partial charge is 0.120 e. The van der Waals surface area contributed by atoms with Crippen molar-refractivity contribution in [2.45, 2.75) is 70.1 Å². The number of benzene rings is 1. The Bertz CT molecular complexity index is 667. The van der Waals surface area contributed by atoms with Crippen LogP contribution in [0, 0.1) is 22.7 Å². The molecule has 4 rings (SSSR count). The van der Waals surface area contributed by atoms with Crippen LogP contribution in [0.1, 0.15) is 57.4 Å². The zero-order chi connectivity index (χ0) is 18.1. The molecule has 1 heterocycles. The third kappa shape index (κ3) is 3.23. The van der Waals surface area contributed by atoms with E-state index in [1.54, 1.807) is 0 Å². The molecular weight excluding hydrogens is 322 g/mol. The second-order valence-corrected chi connectivity index (χ2v) is 8.82. The van der Waals surface area contributed by atoms with Crippen LogP contribution in [0.2, 0.25) is 0 Å². The van der Waals surface area contributed by atoms with Crippen LogP contribution in [0.5, 0.6) is 5.75 Å². The van der Waals surface area contributed by atoms with E-state index < -0.39 is 0 Å². The predicted molar refractivity (Wildman–Crippen MR) is 103 cm³/mol. The summed E-state index contributed by atoms with van der Waals surface area (Å²) in [6.07, 6.45) is 9.06. The van der Waals surface area contributed by atoms with Crippen molar-refractivity contribution in [2.75, 3.05) is 13.1 Å². The van der Waals surface area contributed by atoms with Gasteiger partial charge in [0.15, 0.2) is 0 Å². The first-order valence-electron chi connectivity index (χ1n) is 10.3. The van der Waals surface area contributed by atoms with Crippen molar-refractivity contribution >= 4 is 0 Å². The van der Waals surface area contributed by atoms with Crippen molar-refractivity contribution in [3.05, 3.63) is 29.8 Å². The Balaban J connectivity index is 1.60. The van der Waals surface area contributed by atoms with E-state index in [0.717, 1.165) is 31.2 Å². The van der Waals surface area contributed by atoms with E-state index in [1.807, 2.05) is 24.3 Å². The summed E-state index contributed by atoms with van der Waals surface area (Å²) in [5.41, 5.74) is 7.22. The lowest BCUT2D eigenvalue weighted by molar-refractivity contribution is -0.00691. The van der Waals surface area contributed by atoms with Crippen molar-refractivity contribution < 1.29 is 4.74 Å². The number of hydrogen-bond donors (Lipinski definition) is 1. The molecule has 0 amide bonds. The molecule has 0 unspecified atom stereocenters. The Morgan fingerprint density at radius 3 is 2.73 bits per heavy atom. The number of nitrogens with two attached hydrogens (primary N) is 1. The van der Waals surface area contributed by atoms with Crippen molar-refractivity contribution in [3.8, 4) is 11.8 Å². The van der Waals surface area contributed by atoms with Gasteiger partial charge >= 0.3 is 0 Å². The van der Waals surface area contributed by atoms with E-state index in [4.69, 9.17) is 15.7 Å². The summed E-state index contributed by atoms with van der Waals surface area (Å²) in [6, 6.07) is 10.6. The van der Waals surface area contributed by atoms with Gasteiger partial charge in [0.2, 0.25) is 0 Å². The van der Waals surface area contributed by atoms with Gasteiger partial charge in [0.25, 0.3) is 0 Å². The molecule has 3 aliphatic rings. The molecule has 0 spiro atoms. The Hall–Kier alpha value is -1.57. The van der Waals surface area contributed by atoms with Gasteiger partial charge in [0.1, 0.15) is 11.9 Å². The molecule has 0 bridgehead atoms. The van der Waals surface area contributed by atoms with Crippen molar-refractivity contribution in [1.82, 2.24) is 4.90 Å². The van der Waals surface area contributed by atoms with Crippen molar-refractivity contribution in [1.29, 1.82) is 5.26 Å². The lowest BCUT2D eigenvalue weighted by Gasteiger charge is -2.43. The van der Waals surface area contributed by atoms with Crippen LogP contribution < -0.4 is 10.5 Å². The fourth-order valence-electron chi connectivity index (χ4n) is 5.70. The normalized spacial score (nSPS) is 37.7. The number of nitriles is 1. The third-order valence-corrected chi connectivity index (χ3v) is 7.18. The molecule has 3 fully saturated rings. The van der Waals surface area contributed by atoms with Crippen LogP contribution >= 0.6 is 0 Å². The number of hydrogen-bond acceptors (Lipinski definition) is 4. The zero-order valence-corrected chi connectivity index (χ0v) is 15.9. The van der Waals surface area contributed by atoms with Gasteiger partial charge in [0, 0.05) is 24.0 Å². The quantitative estimate of drug-likeness (QED) is 0.900. The maximum absolute atomic E-state index is 9.04. The van der Waals surface area contributed by atoms with E-state index in [0.29, 0.717) is 17.6 Å². The van der Waals surface area contributed by atoms with Crippen LogP contribution in [0.25, 0.3) is 0 Å². The second kappa shape index (κ2) is 7.21. The highest BCUT2D eigenvalue weighted by Gasteiger charge is 2.55. The minimum atomic E-state index is 0.214. The molecule has 5 atom stereocenters. The highest BCUT2D eigenvalue weighted by Crippen LogP contribution is 2.54. The molecule has 1 aromatic carbocycles. The first-order chi connectivity index (χ1) is 12.6. The monoisotopic (exact) mass is 353 g/mol. The van der Waals surface area contributed by atoms with Gasteiger partial charge in [-0.1, -0.05) is 19.8 Å². The first kappa shape index (κ1) is 17.8. The summed E-state index contributed by atoms with van der Waals surface area (Å²) in [5.74, 6) is 1.65. The summed E-state index contributed by atoms with van der Waals surface area (Å²) >= 11 is 0. The SMILES string of the molecule is C[C@]12CCCC[C@H]1C[C@@H](N1CCC[C@@H](N)C1)[C@@H]2Oc1ccc(C#N)cc1. The fourth-order valence-corrected chi connectivity index (χ4v) is 5.70. The van der Waals surface area contributed by atoms with Crippen LogP contribution in [0.15, 0.2) is 24.3 Å². The average molecular weight is 354 g/mol. The molecule has 0 aromatic heterocycles. The summed E-state index contributed by atoms with van der Waals surface area (Å²) in [7, 11) is 0. The Morgan fingerprint density at radius 2 is 2.00 bits per heavy atom. The maximum atomic E-state index is 9.04. The van der Waals surface area contributed by atoms with Gasteiger partial charge in [-0.3, -0.25) is 4.90 Å². The number of ether oxygens (including phenoxy) is 1. The highest BCUT2D eigenvalue weighted by molar-refractivity contribution is 5.35. The molecule has 1 aromatic rings. The molecule has 2 N–H and O–H groups in total. The Kier molecular flexibility index (Phi) is 4.94. The molecule has 1 saturated heterocycles. The number of nitrogens with zero attached hydrogens (tertiary/aromatic N) is 2. The molecule has 140 valence electrons. The standard InChI is InChI=1S/C22H31N3O/c1-22-11-3-2-5-17(22)13-20(25-12-4-6-18(24)15-25)21(22)26-19-9-7-16(14-23)8-10-19/h7-10,17-18,20-21H,2-6,11-13,15,24H2,1H3/t17-,18+,20+,21-,22-/m0/s1. The number of rotatable bonds is 3. The van der Waals surface area contributed by atoms with E-state index >= 15 is 0 Å². The average Bonchev–Trinajstić information content (AvgIpc) is 2.95. The summed E-state index contributed by atoms with van der Waals surface area (Å²) in [6.45, 7) is 4.60. The lowest BCUT2D eigenvalue weighted by Crippen LogP contribution is -2.53. The topological polar surface area (TPSA) is 62.3 Å². The summed E-state index contributed by atoms with van der Waals surface area (Å²) in [4.78, 5) is 2.62. The molecule has 2 saturated carbocycles. The summed E-state index contributed by atoms with van der Waals surface area (Å²) < 4.78 is 6.66. The van der Waals surface area contributed by atoms with E-state index in [-0.39, 0.29) is 11.5 Å². The van der Waals surface area contributed by atoms with Gasteiger partial charge in [-0.2, -0.15) is 5.26 Å². The van der Waals surface area contributed by atoms with Crippen LogP contribution in [-0.4, -0.2) is 36.2 Å². The number of likely N-dealkylation sites (tertiary alicyclic amines) is 1. The van der Waals surface area contributed by atoms with Gasteiger partial charge in [-0.25, -0.2) is 0 Å². The van der Waals surface area contributed by atoms with Gasteiger partial charge < -0.3 is 10.5 Å². The van der Waals surface area contributed by atoms with Crippen molar-refractivity contribution in [3.63, 3.8) is 0 Å². The minimum absolute atomic E-state index is 0.214.